The number of rotatable bonds is 4. The average Bonchev–Trinajstić information content (AvgIpc) is 2.49. The van der Waals surface area contributed by atoms with E-state index in [0.29, 0.717) is 5.56 Å². The number of para-hydroxylation sites is 1. The number of carbonyl (C=O) groups excluding carboxylic acids is 1. The van der Waals surface area contributed by atoms with Crippen molar-refractivity contribution >= 4 is 12.1 Å². The van der Waals surface area contributed by atoms with Gasteiger partial charge in [0.1, 0.15) is 11.4 Å². The van der Waals surface area contributed by atoms with Crippen molar-refractivity contribution in [2.45, 2.75) is 0 Å². The quantitative estimate of drug-likeness (QED) is 0.661. The molecule has 20 heavy (non-hydrogen) atoms. The standard InChI is InChI=1S/C14H13N3O3/c1-20-12-7-4-5-10(13(12)18)9-16-17-14(19)11-6-2-3-8-15-11/h2-9,18H,1H3,(H,17,19)/p-1/b16-9-. The highest BCUT2D eigenvalue weighted by atomic mass is 16.5. The van der Waals surface area contributed by atoms with Gasteiger partial charge in [-0.2, -0.15) is 5.10 Å². The summed E-state index contributed by atoms with van der Waals surface area (Å²) in [6, 6.07) is 9.79. The van der Waals surface area contributed by atoms with Crippen LogP contribution in [0.25, 0.3) is 0 Å². The molecule has 6 heteroatoms. The van der Waals surface area contributed by atoms with Crippen molar-refractivity contribution in [3.8, 4) is 11.5 Å². The second-order valence-corrected chi connectivity index (χ2v) is 3.79. The molecule has 0 spiro atoms. The molecular weight excluding hydrogens is 258 g/mol. The number of aromatic nitrogens is 1. The Hall–Kier alpha value is -2.89. The summed E-state index contributed by atoms with van der Waals surface area (Å²) >= 11 is 0. The SMILES string of the molecule is COc1cccc(/C=N\NC(=O)c2ccccn2)c1[O-]. The highest BCUT2D eigenvalue weighted by Crippen LogP contribution is 2.24. The normalized spacial score (nSPS) is 10.4. The molecule has 2 aromatic rings. The molecular formula is C14H12N3O3-. The third kappa shape index (κ3) is 3.11. The number of nitrogens with one attached hydrogen (secondary N) is 1. The van der Waals surface area contributed by atoms with Crippen molar-refractivity contribution in [1.29, 1.82) is 0 Å². The molecule has 0 unspecified atom stereocenters. The van der Waals surface area contributed by atoms with E-state index in [9.17, 15) is 9.90 Å². The van der Waals surface area contributed by atoms with E-state index in [4.69, 9.17) is 4.74 Å². The third-order valence-electron chi connectivity index (χ3n) is 2.50. The van der Waals surface area contributed by atoms with Crippen molar-refractivity contribution in [2.75, 3.05) is 7.11 Å². The summed E-state index contributed by atoms with van der Waals surface area (Å²) in [5, 5.41) is 15.5. The first-order valence-electron chi connectivity index (χ1n) is 5.81. The fourth-order valence-electron chi connectivity index (χ4n) is 1.51. The highest BCUT2D eigenvalue weighted by Gasteiger charge is 2.03. The number of benzene rings is 1. The van der Waals surface area contributed by atoms with Crippen LogP contribution in [0, 0.1) is 0 Å². The van der Waals surface area contributed by atoms with E-state index >= 15 is 0 Å². The molecule has 0 fully saturated rings. The Morgan fingerprint density at radius 1 is 1.35 bits per heavy atom. The summed E-state index contributed by atoms with van der Waals surface area (Å²) in [5.74, 6) is -0.506. The van der Waals surface area contributed by atoms with Crippen LogP contribution in [0.5, 0.6) is 11.5 Å². The number of methoxy groups -OCH3 is 1. The predicted molar refractivity (Wildman–Crippen MR) is 71.7 cm³/mol. The molecule has 0 radical (unpaired) electrons. The van der Waals surface area contributed by atoms with Crippen LogP contribution < -0.4 is 15.3 Å². The molecule has 0 atom stereocenters. The van der Waals surface area contributed by atoms with Crippen LogP contribution in [-0.2, 0) is 0 Å². The average molecular weight is 270 g/mol. The first kappa shape index (κ1) is 13.5. The lowest BCUT2D eigenvalue weighted by Crippen LogP contribution is -2.18. The van der Waals surface area contributed by atoms with E-state index in [1.54, 1.807) is 36.4 Å². The second kappa shape index (κ2) is 6.33. The number of ether oxygens (including phenoxy) is 1. The van der Waals surface area contributed by atoms with Gasteiger partial charge in [-0.15, -0.1) is 0 Å². The van der Waals surface area contributed by atoms with E-state index in [1.165, 1.54) is 19.5 Å². The van der Waals surface area contributed by atoms with Crippen LogP contribution in [0.15, 0.2) is 47.7 Å². The monoisotopic (exact) mass is 270 g/mol. The minimum atomic E-state index is -0.447. The molecule has 1 aromatic carbocycles. The first-order valence-corrected chi connectivity index (χ1v) is 5.81. The maximum Gasteiger partial charge on any atom is 0.289 e. The van der Waals surface area contributed by atoms with Gasteiger partial charge in [0.05, 0.1) is 13.3 Å². The van der Waals surface area contributed by atoms with Gasteiger partial charge in [0, 0.05) is 6.20 Å². The molecule has 6 nitrogen and oxygen atoms in total. The topological polar surface area (TPSA) is 86.6 Å². The van der Waals surface area contributed by atoms with Crippen LogP contribution in [0.2, 0.25) is 0 Å². The van der Waals surface area contributed by atoms with Gasteiger partial charge in [-0.25, -0.2) is 5.43 Å². The summed E-state index contributed by atoms with van der Waals surface area (Å²) < 4.78 is 4.91. The number of pyridine rings is 1. The number of hydrogen-bond donors (Lipinski definition) is 1. The minimum Gasteiger partial charge on any atom is -0.870 e. The van der Waals surface area contributed by atoms with Gasteiger partial charge in [-0.1, -0.05) is 23.9 Å². The molecule has 1 aromatic heterocycles. The lowest BCUT2D eigenvalue weighted by molar-refractivity contribution is -0.270. The zero-order chi connectivity index (χ0) is 14.4. The molecule has 0 aliphatic carbocycles. The van der Waals surface area contributed by atoms with E-state index in [1.807, 2.05) is 0 Å². The van der Waals surface area contributed by atoms with Gasteiger partial charge >= 0.3 is 0 Å². The minimum absolute atomic E-state index is 0.227. The smallest absolute Gasteiger partial charge is 0.289 e. The van der Waals surface area contributed by atoms with Crippen LogP contribution in [0.3, 0.4) is 0 Å². The Morgan fingerprint density at radius 3 is 2.90 bits per heavy atom. The van der Waals surface area contributed by atoms with Crippen LogP contribution in [0.4, 0.5) is 0 Å². The molecule has 0 aliphatic heterocycles. The van der Waals surface area contributed by atoms with Gasteiger partial charge in [0.2, 0.25) is 0 Å². The Morgan fingerprint density at radius 2 is 2.20 bits per heavy atom. The second-order valence-electron chi connectivity index (χ2n) is 3.79. The van der Waals surface area contributed by atoms with Gasteiger partial charge in [-0.3, -0.25) is 9.78 Å². The molecule has 1 amide bonds. The molecule has 1 N–H and O–H groups in total. The van der Waals surface area contributed by atoms with Crippen molar-refractivity contribution < 1.29 is 14.6 Å². The number of hydrazone groups is 1. The van der Waals surface area contributed by atoms with Crippen LogP contribution in [0.1, 0.15) is 16.1 Å². The van der Waals surface area contributed by atoms with Gasteiger partial charge in [-0.05, 0) is 23.8 Å². The summed E-state index contributed by atoms with van der Waals surface area (Å²) in [4.78, 5) is 15.5. The predicted octanol–water partition coefficient (Wildman–Crippen LogP) is 0.928. The largest absolute Gasteiger partial charge is 0.870 e. The lowest BCUT2D eigenvalue weighted by Gasteiger charge is -2.14. The zero-order valence-electron chi connectivity index (χ0n) is 10.7. The van der Waals surface area contributed by atoms with Crippen molar-refractivity contribution in [1.82, 2.24) is 10.4 Å². The van der Waals surface area contributed by atoms with E-state index in [2.05, 4.69) is 15.5 Å². The Bertz CT molecular complexity index is 627. The molecule has 102 valence electrons. The van der Waals surface area contributed by atoms with Crippen LogP contribution >= 0.6 is 0 Å². The molecule has 1 heterocycles. The Balaban J connectivity index is 2.06. The molecule has 0 saturated carbocycles. The van der Waals surface area contributed by atoms with Crippen LogP contribution in [-0.4, -0.2) is 24.2 Å². The fraction of sp³-hybridized carbons (Fsp3) is 0.0714. The fourth-order valence-corrected chi connectivity index (χ4v) is 1.51. The number of nitrogens with zero attached hydrogens (tertiary/aromatic N) is 2. The van der Waals surface area contributed by atoms with Gasteiger partial charge in [0.25, 0.3) is 5.91 Å². The van der Waals surface area contributed by atoms with Gasteiger partial charge in [0.15, 0.2) is 0 Å². The molecule has 0 bridgehead atoms. The molecule has 0 saturated heterocycles. The summed E-state index contributed by atoms with van der Waals surface area (Å²) in [7, 11) is 1.42. The maximum atomic E-state index is 11.8. The highest BCUT2D eigenvalue weighted by molar-refractivity contribution is 5.93. The van der Waals surface area contributed by atoms with Crippen molar-refractivity contribution in [2.24, 2.45) is 5.10 Å². The van der Waals surface area contributed by atoms with Crippen molar-refractivity contribution in [3.05, 3.63) is 53.9 Å². The molecule has 2 rings (SSSR count). The maximum absolute atomic E-state index is 11.8. The third-order valence-corrected chi connectivity index (χ3v) is 2.50. The zero-order valence-corrected chi connectivity index (χ0v) is 10.7. The van der Waals surface area contributed by atoms with Gasteiger partial charge < -0.3 is 9.84 Å². The Labute approximate surface area is 115 Å². The van der Waals surface area contributed by atoms with E-state index in [-0.39, 0.29) is 17.2 Å². The Kier molecular flexibility index (Phi) is 4.28. The number of hydrogen-bond acceptors (Lipinski definition) is 5. The lowest BCUT2D eigenvalue weighted by atomic mass is 10.2. The summed E-state index contributed by atoms with van der Waals surface area (Å²) in [6.07, 6.45) is 2.78. The number of amides is 1. The van der Waals surface area contributed by atoms with Crippen molar-refractivity contribution in [3.63, 3.8) is 0 Å². The van der Waals surface area contributed by atoms with E-state index in [0.717, 1.165) is 0 Å². The summed E-state index contributed by atoms with van der Waals surface area (Å²) in [5.41, 5.74) is 2.87. The summed E-state index contributed by atoms with van der Waals surface area (Å²) in [6.45, 7) is 0. The number of carbonyl (C=O) groups is 1. The molecule has 0 aliphatic rings. The first-order chi connectivity index (χ1) is 9.72. The van der Waals surface area contributed by atoms with E-state index < -0.39 is 5.91 Å².